The Bertz CT molecular complexity index is 610. The maximum atomic E-state index is 5.94. The molecular formula is C19H29BO2Si. The van der Waals surface area contributed by atoms with Gasteiger partial charge in [-0.25, -0.2) is 0 Å². The Kier molecular flexibility index (Phi) is 5.15. The van der Waals surface area contributed by atoms with Crippen molar-refractivity contribution in [2.75, 3.05) is 13.2 Å². The Balaban J connectivity index is 2.26. The van der Waals surface area contributed by atoms with E-state index in [9.17, 15) is 0 Å². The molecule has 0 unspecified atom stereocenters. The molecule has 0 radical (unpaired) electrons. The quantitative estimate of drug-likeness (QED) is 0.576. The Morgan fingerprint density at radius 3 is 2.22 bits per heavy atom. The van der Waals surface area contributed by atoms with E-state index in [0.717, 1.165) is 11.0 Å². The number of rotatable bonds is 1. The van der Waals surface area contributed by atoms with Crippen molar-refractivity contribution in [1.82, 2.24) is 0 Å². The van der Waals surface area contributed by atoms with E-state index in [0.29, 0.717) is 13.2 Å². The number of hydrogen-bond donors (Lipinski definition) is 0. The van der Waals surface area contributed by atoms with Crippen LogP contribution in [0.4, 0.5) is 0 Å². The van der Waals surface area contributed by atoms with Gasteiger partial charge in [-0.1, -0.05) is 71.8 Å². The third-order valence-corrected chi connectivity index (χ3v) is 9.35. The maximum absolute atomic E-state index is 5.94. The SMILES string of the molecule is CC1(C)COB(c2ccccc2C#C[Si](C)(C)C(C)(C)C)OC1. The molecule has 4 heteroatoms. The van der Waals surface area contributed by atoms with Gasteiger partial charge in [-0.3, -0.25) is 0 Å². The van der Waals surface area contributed by atoms with Crippen molar-refractivity contribution in [2.24, 2.45) is 5.41 Å². The second-order valence-electron chi connectivity index (χ2n) is 8.83. The van der Waals surface area contributed by atoms with E-state index >= 15 is 0 Å². The number of hydrogen-bond acceptors (Lipinski definition) is 2. The summed E-state index contributed by atoms with van der Waals surface area (Å²) in [7, 11) is -1.92. The van der Waals surface area contributed by atoms with Crippen molar-refractivity contribution < 1.29 is 9.31 Å². The molecule has 1 aromatic carbocycles. The van der Waals surface area contributed by atoms with Crippen LogP contribution >= 0.6 is 0 Å². The summed E-state index contributed by atoms with van der Waals surface area (Å²) in [6, 6.07) is 8.20. The standard InChI is InChI=1S/C19H29BO2Si/c1-18(2,3)23(6,7)13-12-16-10-8-9-11-17(16)20-21-14-19(4,5)15-22-20/h8-11H,14-15H2,1-7H3. The van der Waals surface area contributed by atoms with Crippen LogP contribution in [0.3, 0.4) is 0 Å². The third kappa shape index (κ3) is 4.50. The summed E-state index contributed by atoms with van der Waals surface area (Å²) in [6.07, 6.45) is 0. The van der Waals surface area contributed by atoms with Crippen LogP contribution in [-0.4, -0.2) is 28.4 Å². The molecule has 0 saturated carbocycles. The summed E-state index contributed by atoms with van der Waals surface area (Å²) in [5.74, 6) is 3.43. The molecule has 1 heterocycles. The molecule has 0 atom stereocenters. The normalized spacial score (nSPS) is 18.3. The van der Waals surface area contributed by atoms with Crippen molar-refractivity contribution in [2.45, 2.75) is 52.8 Å². The van der Waals surface area contributed by atoms with Gasteiger partial charge in [0, 0.05) is 24.2 Å². The van der Waals surface area contributed by atoms with Gasteiger partial charge < -0.3 is 9.31 Å². The Labute approximate surface area is 143 Å². The van der Waals surface area contributed by atoms with Crippen LogP contribution < -0.4 is 5.46 Å². The van der Waals surface area contributed by atoms with E-state index in [4.69, 9.17) is 9.31 Å². The minimum absolute atomic E-state index is 0.0816. The predicted octanol–water partition coefficient (Wildman–Crippen LogP) is 3.85. The highest BCUT2D eigenvalue weighted by Crippen LogP contribution is 2.35. The van der Waals surface area contributed by atoms with E-state index in [-0.39, 0.29) is 17.6 Å². The molecule has 1 fully saturated rings. The van der Waals surface area contributed by atoms with E-state index in [2.05, 4.69) is 71.3 Å². The molecule has 2 rings (SSSR count). The molecule has 0 amide bonds. The lowest BCUT2D eigenvalue weighted by atomic mass is 9.73. The fourth-order valence-corrected chi connectivity index (χ4v) is 2.92. The molecule has 1 saturated heterocycles. The van der Waals surface area contributed by atoms with Gasteiger partial charge in [0.25, 0.3) is 0 Å². The van der Waals surface area contributed by atoms with Crippen LogP contribution in [0.1, 0.15) is 40.2 Å². The highest BCUT2D eigenvalue weighted by molar-refractivity contribution is 6.87. The second kappa shape index (κ2) is 6.47. The minimum Gasteiger partial charge on any atom is -0.407 e. The zero-order valence-corrected chi connectivity index (χ0v) is 16.6. The average Bonchev–Trinajstić information content (AvgIpc) is 2.44. The fourth-order valence-electron chi connectivity index (χ4n) is 2.10. The van der Waals surface area contributed by atoms with Crippen LogP contribution in [-0.2, 0) is 9.31 Å². The lowest BCUT2D eigenvalue weighted by Gasteiger charge is -2.33. The minimum atomic E-state index is -1.63. The number of benzene rings is 1. The molecule has 0 aromatic heterocycles. The molecule has 0 aliphatic carbocycles. The van der Waals surface area contributed by atoms with Crippen molar-refractivity contribution in [3.8, 4) is 11.5 Å². The maximum Gasteiger partial charge on any atom is 0.495 e. The van der Waals surface area contributed by atoms with Crippen molar-refractivity contribution in [1.29, 1.82) is 0 Å². The Morgan fingerprint density at radius 2 is 1.65 bits per heavy atom. The van der Waals surface area contributed by atoms with Gasteiger partial charge in [-0.2, -0.15) is 0 Å². The van der Waals surface area contributed by atoms with Crippen LogP contribution in [0.5, 0.6) is 0 Å². The van der Waals surface area contributed by atoms with Gasteiger partial charge in [0.1, 0.15) is 8.07 Å². The zero-order valence-electron chi connectivity index (χ0n) is 15.6. The average molecular weight is 328 g/mol. The lowest BCUT2D eigenvalue weighted by molar-refractivity contribution is 0.0343. The molecular weight excluding hydrogens is 299 g/mol. The Hall–Kier alpha value is -1.02. The monoisotopic (exact) mass is 328 g/mol. The first-order valence-corrected chi connectivity index (χ1v) is 11.4. The Morgan fingerprint density at radius 1 is 1.09 bits per heavy atom. The molecule has 0 bridgehead atoms. The highest BCUT2D eigenvalue weighted by atomic mass is 28.3. The summed E-state index contributed by atoms with van der Waals surface area (Å²) >= 11 is 0. The van der Waals surface area contributed by atoms with E-state index in [1.807, 2.05) is 12.1 Å². The lowest BCUT2D eigenvalue weighted by Crippen LogP contribution is -2.48. The van der Waals surface area contributed by atoms with Crippen LogP contribution in [0.15, 0.2) is 24.3 Å². The molecule has 1 aromatic rings. The topological polar surface area (TPSA) is 18.5 Å². The van der Waals surface area contributed by atoms with Gasteiger partial charge in [0.2, 0.25) is 0 Å². The van der Waals surface area contributed by atoms with Gasteiger partial charge in [-0.05, 0) is 16.6 Å². The fraction of sp³-hybridized carbons (Fsp3) is 0.579. The van der Waals surface area contributed by atoms with Gasteiger partial charge >= 0.3 is 7.12 Å². The first-order valence-electron chi connectivity index (χ1n) is 8.37. The summed E-state index contributed by atoms with van der Waals surface area (Å²) < 4.78 is 11.9. The summed E-state index contributed by atoms with van der Waals surface area (Å²) in [5, 5.41) is 0.261. The summed E-state index contributed by atoms with van der Waals surface area (Å²) in [5.41, 5.74) is 5.75. The van der Waals surface area contributed by atoms with Crippen molar-refractivity contribution >= 4 is 20.7 Å². The highest BCUT2D eigenvalue weighted by Gasteiger charge is 2.35. The van der Waals surface area contributed by atoms with Gasteiger partial charge in [0.15, 0.2) is 0 Å². The smallest absolute Gasteiger partial charge is 0.407 e. The molecule has 1 aliphatic heterocycles. The van der Waals surface area contributed by atoms with Crippen LogP contribution in [0.2, 0.25) is 18.1 Å². The molecule has 0 spiro atoms. The van der Waals surface area contributed by atoms with E-state index < -0.39 is 8.07 Å². The third-order valence-electron chi connectivity index (χ3n) is 4.85. The molecule has 2 nitrogen and oxygen atoms in total. The molecule has 23 heavy (non-hydrogen) atoms. The van der Waals surface area contributed by atoms with Crippen molar-refractivity contribution in [3.63, 3.8) is 0 Å². The summed E-state index contributed by atoms with van der Waals surface area (Å²) in [4.78, 5) is 0. The zero-order chi connectivity index (χ0) is 17.3. The van der Waals surface area contributed by atoms with Gasteiger partial charge in [0.05, 0.1) is 0 Å². The van der Waals surface area contributed by atoms with Crippen LogP contribution in [0, 0.1) is 16.9 Å². The first kappa shape index (κ1) is 18.3. The van der Waals surface area contributed by atoms with E-state index in [1.165, 1.54) is 0 Å². The van der Waals surface area contributed by atoms with Crippen LogP contribution in [0.25, 0.3) is 0 Å². The first-order chi connectivity index (χ1) is 10.5. The molecule has 1 aliphatic rings. The molecule has 124 valence electrons. The second-order valence-corrected chi connectivity index (χ2v) is 13.8. The van der Waals surface area contributed by atoms with E-state index in [1.54, 1.807) is 0 Å². The summed E-state index contributed by atoms with van der Waals surface area (Å²) in [6.45, 7) is 17.3. The molecule has 0 N–H and O–H groups in total. The largest absolute Gasteiger partial charge is 0.495 e. The van der Waals surface area contributed by atoms with Gasteiger partial charge in [-0.15, -0.1) is 5.54 Å². The predicted molar refractivity (Wildman–Crippen MR) is 102 cm³/mol. The van der Waals surface area contributed by atoms with Crippen molar-refractivity contribution in [3.05, 3.63) is 29.8 Å².